The summed E-state index contributed by atoms with van der Waals surface area (Å²) in [7, 11) is -1.81. The predicted molar refractivity (Wildman–Crippen MR) is 120 cm³/mol. The summed E-state index contributed by atoms with van der Waals surface area (Å²) in [6.07, 6.45) is -0.705. The highest BCUT2D eigenvalue weighted by Gasteiger charge is 2.36. The van der Waals surface area contributed by atoms with Crippen molar-refractivity contribution < 1.29 is 26.8 Å². The third-order valence-corrected chi connectivity index (χ3v) is 10.3. The van der Waals surface area contributed by atoms with Crippen LogP contribution in [-0.4, -0.2) is 25.9 Å². The number of hydrogen-bond donors (Lipinski definition) is 0. The monoisotopic (exact) mass is 467 g/mol. The molecule has 0 saturated heterocycles. The molecule has 0 aliphatic heterocycles. The molecule has 0 fully saturated rings. The fourth-order valence-electron chi connectivity index (χ4n) is 2.88. The molecular formula is C23H28F3NO4Si. The molecule has 174 valence electrons. The number of nitrogens with zero attached hydrogens (tertiary/aromatic N) is 1. The van der Waals surface area contributed by atoms with Crippen LogP contribution in [0.2, 0.25) is 18.1 Å². The van der Waals surface area contributed by atoms with Crippen LogP contribution < -0.4 is 10.4 Å². The van der Waals surface area contributed by atoms with E-state index in [9.17, 15) is 18.0 Å². The molecule has 5 nitrogen and oxygen atoms in total. The van der Waals surface area contributed by atoms with Crippen LogP contribution in [-0.2, 0) is 10.6 Å². The van der Waals surface area contributed by atoms with E-state index in [1.165, 1.54) is 22.7 Å². The zero-order valence-electron chi connectivity index (χ0n) is 18.9. The zero-order valence-corrected chi connectivity index (χ0v) is 19.9. The summed E-state index contributed by atoms with van der Waals surface area (Å²) >= 11 is 0. The standard InChI is InChI=1S/C23H28F3NO4Si/c1-22(2,3)32(4,5)30-11-7-10-29-18-13-19-21(28)31-20(15-27(19)14-18)16-8-6-9-17(12-16)23(24,25)26/h6,8-9,12-15H,7,10-11H2,1-5H3. The van der Waals surface area contributed by atoms with Crippen molar-refractivity contribution in [1.29, 1.82) is 0 Å². The van der Waals surface area contributed by atoms with Crippen molar-refractivity contribution in [3.63, 3.8) is 0 Å². The largest absolute Gasteiger partial charge is 0.492 e. The van der Waals surface area contributed by atoms with Crippen molar-refractivity contribution in [2.45, 2.75) is 51.5 Å². The summed E-state index contributed by atoms with van der Waals surface area (Å²) in [5.74, 6) is 0.518. The van der Waals surface area contributed by atoms with Gasteiger partial charge < -0.3 is 18.0 Å². The zero-order chi connectivity index (χ0) is 23.7. The fraction of sp³-hybridized carbons (Fsp3) is 0.435. The second-order valence-electron chi connectivity index (χ2n) is 9.24. The number of benzene rings is 1. The van der Waals surface area contributed by atoms with E-state index in [4.69, 9.17) is 13.6 Å². The van der Waals surface area contributed by atoms with Crippen molar-refractivity contribution in [2.24, 2.45) is 0 Å². The van der Waals surface area contributed by atoms with Crippen LogP contribution in [0.4, 0.5) is 13.2 Å². The number of halogens is 3. The molecule has 3 rings (SSSR count). The number of hydrogen-bond acceptors (Lipinski definition) is 4. The first-order chi connectivity index (χ1) is 14.8. The van der Waals surface area contributed by atoms with E-state index in [-0.39, 0.29) is 21.9 Å². The number of ether oxygens (including phenoxy) is 1. The van der Waals surface area contributed by atoms with Gasteiger partial charge in [0.1, 0.15) is 11.3 Å². The lowest BCUT2D eigenvalue weighted by molar-refractivity contribution is -0.137. The van der Waals surface area contributed by atoms with Crippen molar-refractivity contribution in [3.05, 3.63) is 58.7 Å². The number of rotatable bonds is 7. The molecule has 0 atom stereocenters. The minimum atomic E-state index is -4.48. The number of fused-ring (bicyclic) bond motifs is 1. The highest BCUT2D eigenvalue weighted by atomic mass is 28.4. The first kappa shape index (κ1) is 24.1. The summed E-state index contributed by atoms with van der Waals surface area (Å²) in [4.78, 5) is 12.4. The van der Waals surface area contributed by atoms with Gasteiger partial charge in [-0.25, -0.2) is 4.79 Å². The van der Waals surface area contributed by atoms with Crippen molar-refractivity contribution in [1.82, 2.24) is 4.40 Å². The molecule has 9 heteroatoms. The molecule has 2 heterocycles. The van der Waals surface area contributed by atoms with Crippen molar-refractivity contribution in [2.75, 3.05) is 13.2 Å². The summed E-state index contributed by atoms with van der Waals surface area (Å²) in [5.41, 5.74) is -1.06. The first-order valence-corrected chi connectivity index (χ1v) is 13.3. The smallest absolute Gasteiger partial charge is 0.416 e. The van der Waals surface area contributed by atoms with Crippen LogP contribution in [0, 0.1) is 0 Å². The Morgan fingerprint density at radius 3 is 2.44 bits per heavy atom. The van der Waals surface area contributed by atoms with Crippen LogP contribution in [0.5, 0.6) is 5.75 Å². The Morgan fingerprint density at radius 1 is 1.06 bits per heavy atom. The highest BCUT2D eigenvalue weighted by Crippen LogP contribution is 2.36. The average Bonchev–Trinajstić information content (AvgIpc) is 3.10. The Bertz CT molecular complexity index is 1140. The van der Waals surface area contributed by atoms with E-state index >= 15 is 0 Å². The Balaban J connectivity index is 1.70. The van der Waals surface area contributed by atoms with Crippen LogP contribution in [0.25, 0.3) is 16.8 Å². The molecule has 1 aromatic carbocycles. The molecule has 0 spiro atoms. The van der Waals surface area contributed by atoms with Gasteiger partial charge in [0.05, 0.1) is 24.6 Å². The highest BCUT2D eigenvalue weighted by molar-refractivity contribution is 6.74. The fourth-order valence-corrected chi connectivity index (χ4v) is 3.97. The van der Waals surface area contributed by atoms with E-state index in [0.717, 1.165) is 12.1 Å². The number of alkyl halides is 3. The second-order valence-corrected chi connectivity index (χ2v) is 14.0. The topological polar surface area (TPSA) is 53.1 Å². The molecule has 0 bridgehead atoms. The van der Waals surface area contributed by atoms with Crippen LogP contribution in [0.1, 0.15) is 32.8 Å². The second kappa shape index (κ2) is 8.78. The van der Waals surface area contributed by atoms with E-state index in [2.05, 4.69) is 33.9 Å². The van der Waals surface area contributed by atoms with Gasteiger partial charge in [-0.15, -0.1) is 0 Å². The normalized spacial score (nSPS) is 13.0. The van der Waals surface area contributed by atoms with Gasteiger partial charge in [-0.2, -0.15) is 13.2 Å². The average molecular weight is 468 g/mol. The van der Waals surface area contributed by atoms with E-state index in [1.54, 1.807) is 12.3 Å². The molecule has 0 saturated carbocycles. The Morgan fingerprint density at radius 2 is 1.78 bits per heavy atom. The minimum Gasteiger partial charge on any atom is -0.492 e. The van der Waals surface area contributed by atoms with Gasteiger partial charge in [0.2, 0.25) is 0 Å². The van der Waals surface area contributed by atoms with Crippen molar-refractivity contribution in [3.8, 4) is 17.1 Å². The first-order valence-electron chi connectivity index (χ1n) is 10.4. The van der Waals surface area contributed by atoms with Gasteiger partial charge in [-0.1, -0.05) is 32.9 Å². The summed E-state index contributed by atoms with van der Waals surface area (Å²) in [6.45, 7) is 11.9. The summed E-state index contributed by atoms with van der Waals surface area (Å²) < 4.78 is 57.6. The quantitative estimate of drug-likeness (QED) is 0.299. The Labute approximate surface area is 185 Å². The lowest BCUT2D eigenvalue weighted by Crippen LogP contribution is -2.41. The van der Waals surface area contributed by atoms with Crippen LogP contribution in [0.15, 0.2) is 51.9 Å². The maximum atomic E-state index is 13.0. The molecular weight excluding hydrogens is 439 g/mol. The Hall–Kier alpha value is -2.52. The molecule has 0 unspecified atom stereocenters. The van der Waals surface area contributed by atoms with Gasteiger partial charge in [0.15, 0.2) is 14.1 Å². The van der Waals surface area contributed by atoms with Gasteiger partial charge in [-0.3, -0.25) is 0 Å². The molecule has 0 aliphatic rings. The lowest BCUT2D eigenvalue weighted by Gasteiger charge is -2.36. The maximum Gasteiger partial charge on any atom is 0.416 e. The van der Waals surface area contributed by atoms with Crippen LogP contribution >= 0.6 is 0 Å². The molecule has 0 N–H and O–H groups in total. The van der Waals surface area contributed by atoms with Gasteiger partial charge in [0, 0.05) is 24.7 Å². The summed E-state index contributed by atoms with van der Waals surface area (Å²) in [6, 6.07) is 6.21. The van der Waals surface area contributed by atoms with Gasteiger partial charge >= 0.3 is 11.8 Å². The third-order valence-electron chi connectivity index (χ3n) is 5.79. The molecule has 0 aliphatic carbocycles. The maximum absolute atomic E-state index is 13.0. The molecule has 0 radical (unpaired) electrons. The van der Waals surface area contributed by atoms with Crippen LogP contribution in [0.3, 0.4) is 0 Å². The summed E-state index contributed by atoms with van der Waals surface area (Å²) in [5, 5.41) is 0.138. The lowest BCUT2D eigenvalue weighted by atomic mass is 10.1. The van der Waals surface area contributed by atoms with E-state index < -0.39 is 25.7 Å². The molecule has 2 aromatic heterocycles. The number of aromatic nitrogens is 1. The minimum absolute atomic E-state index is 0.0403. The van der Waals surface area contributed by atoms with E-state index in [0.29, 0.717) is 25.4 Å². The SMILES string of the molecule is CC(C)(C)[Si](C)(C)OCCCOc1cc2c(=O)oc(-c3cccc(C(F)(F)F)c3)cn2c1. The molecule has 0 amide bonds. The molecule has 3 aromatic rings. The van der Waals surface area contributed by atoms with Gasteiger partial charge in [-0.05, 0) is 30.3 Å². The third kappa shape index (κ3) is 5.45. The Kier molecular flexibility index (Phi) is 6.62. The van der Waals surface area contributed by atoms with Gasteiger partial charge in [0.25, 0.3) is 0 Å². The predicted octanol–water partition coefficient (Wildman–Crippen LogP) is 6.37. The van der Waals surface area contributed by atoms with E-state index in [1.807, 2.05) is 0 Å². The van der Waals surface area contributed by atoms with Crippen molar-refractivity contribution >= 4 is 13.8 Å². The molecule has 32 heavy (non-hydrogen) atoms.